The molecule has 436 valence electrons. The lowest BCUT2D eigenvalue weighted by atomic mass is 10.1. The van der Waals surface area contributed by atoms with Gasteiger partial charge in [-0.2, -0.15) is 0 Å². The summed E-state index contributed by atoms with van der Waals surface area (Å²) in [6, 6.07) is 0. The van der Waals surface area contributed by atoms with E-state index in [4.69, 9.17) is 18.5 Å². The lowest BCUT2D eigenvalue weighted by molar-refractivity contribution is -0.870. The van der Waals surface area contributed by atoms with E-state index in [2.05, 4.69) is 123 Å². The van der Waals surface area contributed by atoms with Crippen LogP contribution in [0.2, 0.25) is 0 Å². The normalized spacial score (nSPS) is 14.0. The number of unbranched alkanes of at least 4 members (excludes halogenated alkanes) is 23. The van der Waals surface area contributed by atoms with E-state index >= 15 is 0 Å². The summed E-state index contributed by atoms with van der Waals surface area (Å²) in [5.41, 5.74) is 0. The van der Waals surface area contributed by atoms with Crippen LogP contribution < -0.4 is 0 Å². The Morgan fingerprint density at radius 2 is 0.750 bits per heavy atom. The average Bonchev–Trinajstić information content (AvgIpc) is 3.38. The van der Waals surface area contributed by atoms with E-state index in [0.717, 1.165) is 96.3 Å². The molecule has 0 aliphatic carbocycles. The highest BCUT2D eigenvalue weighted by Gasteiger charge is 2.27. The second kappa shape index (κ2) is 56.4. The summed E-state index contributed by atoms with van der Waals surface area (Å²) in [5.74, 6) is -0.815. The van der Waals surface area contributed by atoms with Crippen LogP contribution in [-0.4, -0.2) is 74.9 Å². The number of phosphoric ester groups is 1. The van der Waals surface area contributed by atoms with Gasteiger partial charge >= 0.3 is 19.8 Å². The van der Waals surface area contributed by atoms with Crippen molar-refractivity contribution in [3.05, 3.63) is 109 Å². The van der Waals surface area contributed by atoms with Crippen LogP contribution in [0.1, 0.15) is 245 Å². The Morgan fingerprint density at radius 1 is 0.421 bits per heavy atom. The molecule has 2 unspecified atom stereocenters. The monoisotopic (exact) mass is 1080 g/mol. The van der Waals surface area contributed by atoms with Gasteiger partial charge in [-0.25, -0.2) is 4.57 Å². The van der Waals surface area contributed by atoms with Gasteiger partial charge in [0.05, 0.1) is 27.7 Å². The fourth-order valence-corrected chi connectivity index (χ4v) is 8.83. The van der Waals surface area contributed by atoms with Crippen molar-refractivity contribution in [1.82, 2.24) is 0 Å². The first kappa shape index (κ1) is 72.7. The summed E-state index contributed by atoms with van der Waals surface area (Å²) < 4.78 is 34.6. The maximum atomic E-state index is 12.8. The number of ether oxygens (including phenoxy) is 2. The van der Waals surface area contributed by atoms with Crippen molar-refractivity contribution < 1.29 is 42.1 Å². The number of hydrogen-bond donors (Lipinski definition) is 1. The van der Waals surface area contributed by atoms with E-state index in [9.17, 15) is 19.0 Å². The molecule has 0 saturated carbocycles. The number of hydrogen-bond acceptors (Lipinski definition) is 7. The topological polar surface area (TPSA) is 108 Å². The molecule has 0 aromatic rings. The number of esters is 2. The van der Waals surface area contributed by atoms with Crippen LogP contribution in [0.25, 0.3) is 0 Å². The zero-order chi connectivity index (χ0) is 55.6. The second-order valence-electron chi connectivity index (χ2n) is 21.4. The first-order valence-electron chi connectivity index (χ1n) is 30.6. The zero-order valence-corrected chi connectivity index (χ0v) is 50.3. The molecule has 0 amide bonds. The number of allylic oxidation sites excluding steroid dienone is 18. The molecule has 76 heavy (non-hydrogen) atoms. The van der Waals surface area contributed by atoms with E-state index in [1.807, 2.05) is 21.1 Å². The van der Waals surface area contributed by atoms with Gasteiger partial charge < -0.3 is 18.9 Å². The highest BCUT2D eigenvalue weighted by Crippen LogP contribution is 2.43. The quantitative estimate of drug-likeness (QED) is 0.0211. The van der Waals surface area contributed by atoms with Crippen molar-refractivity contribution >= 4 is 19.8 Å². The number of quaternary nitrogens is 1. The van der Waals surface area contributed by atoms with Gasteiger partial charge in [0, 0.05) is 12.8 Å². The summed E-state index contributed by atoms with van der Waals surface area (Å²) in [4.78, 5) is 35.8. The molecule has 2 atom stereocenters. The van der Waals surface area contributed by atoms with Crippen molar-refractivity contribution in [3.63, 3.8) is 0 Å². The van der Waals surface area contributed by atoms with Crippen LogP contribution in [0, 0.1) is 0 Å². The van der Waals surface area contributed by atoms with Crippen molar-refractivity contribution in [1.29, 1.82) is 0 Å². The van der Waals surface area contributed by atoms with E-state index in [1.54, 1.807) is 0 Å². The number of carbonyl (C=O) groups is 2. The third-order valence-electron chi connectivity index (χ3n) is 12.8. The minimum atomic E-state index is -4.40. The van der Waals surface area contributed by atoms with Gasteiger partial charge in [-0.05, 0) is 103 Å². The minimum absolute atomic E-state index is 0.0237. The van der Waals surface area contributed by atoms with Crippen molar-refractivity contribution in [2.75, 3.05) is 47.5 Å². The minimum Gasteiger partial charge on any atom is -0.462 e. The molecular formula is C66H115NO8P+. The molecule has 1 N–H and O–H groups in total. The lowest BCUT2D eigenvalue weighted by Gasteiger charge is -2.24. The van der Waals surface area contributed by atoms with E-state index in [0.29, 0.717) is 17.4 Å². The van der Waals surface area contributed by atoms with Crippen LogP contribution >= 0.6 is 7.82 Å². The van der Waals surface area contributed by atoms with Crippen molar-refractivity contribution in [3.8, 4) is 0 Å². The Hall–Kier alpha value is -3.33. The number of phosphoric acid groups is 1. The fraction of sp³-hybridized carbons (Fsp3) is 0.697. The number of likely N-dealkylation sites (N-methyl/N-ethyl adjacent to an activating group) is 1. The van der Waals surface area contributed by atoms with Gasteiger partial charge in [0.15, 0.2) is 6.10 Å². The molecule has 0 saturated heterocycles. The Bertz CT molecular complexity index is 1650. The van der Waals surface area contributed by atoms with Crippen LogP contribution in [0.4, 0.5) is 0 Å². The van der Waals surface area contributed by atoms with Crippen LogP contribution in [0.3, 0.4) is 0 Å². The second-order valence-corrected chi connectivity index (χ2v) is 22.8. The smallest absolute Gasteiger partial charge is 0.462 e. The molecule has 0 radical (unpaired) electrons. The van der Waals surface area contributed by atoms with E-state index in [1.165, 1.54) is 116 Å². The van der Waals surface area contributed by atoms with Gasteiger partial charge in [-0.15, -0.1) is 0 Å². The van der Waals surface area contributed by atoms with Gasteiger partial charge in [0.25, 0.3) is 0 Å². The molecule has 0 aromatic carbocycles. The molecule has 10 heteroatoms. The number of rotatable bonds is 55. The Labute approximate surface area is 467 Å². The molecule has 0 aliphatic heterocycles. The molecule has 9 nitrogen and oxygen atoms in total. The third-order valence-corrected chi connectivity index (χ3v) is 13.8. The van der Waals surface area contributed by atoms with Crippen molar-refractivity contribution in [2.24, 2.45) is 0 Å². The lowest BCUT2D eigenvalue weighted by Crippen LogP contribution is -2.37. The van der Waals surface area contributed by atoms with Gasteiger partial charge in [0.2, 0.25) is 0 Å². The van der Waals surface area contributed by atoms with Gasteiger partial charge in [-0.1, -0.05) is 239 Å². The Morgan fingerprint density at radius 3 is 1.12 bits per heavy atom. The predicted molar refractivity (Wildman–Crippen MR) is 325 cm³/mol. The van der Waals surface area contributed by atoms with Crippen LogP contribution in [0.5, 0.6) is 0 Å². The third kappa shape index (κ3) is 59.9. The molecule has 0 rings (SSSR count). The summed E-state index contributed by atoms with van der Waals surface area (Å²) in [7, 11) is 1.46. The number of carbonyl (C=O) groups excluding carboxylic acids is 2. The molecular weight excluding hydrogens is 966 g/mol. The summed E-state index contributed by atoms with van der Waals surface area (Å²) >= 11 is 0. The predicted octanol–water partition coefficient (Wildman–Crippen LogP) is 19.4. The van der Waals surface area contributed by atoms with Gasteiger partial charge in [0.1, 0.15) is 19.8 Å². The molecule has 0 aliphatic rings. The average molecular weight is 1080 g/mol. The summed E-state index contributed by atoms with van der Waals surface area (Å²) in [6.45, 7) is 4.29. The molecule has 0 spiro atoms. The zero-order valence-electron chi connectivity index (χ0n) is 49.5. The Balaban J connectivity index is 4.20. The van der Waals surface area contributed by atoms with E-state index < -0.39 is 26.5 Å². The van der Waals surface area contributed by atoms with Crippen molar-refractivity contribution in [2.45, 2.75) is 251 Å². The standard InChI is InChI=1S/C66H114NO8P/c1-6-8-10-12-14-16-18-20-22-24-26-28-30-32-33-35-37-39-41-43-45-47-49-51-53-55-57-59-66(69)75-64(63-74-76(70,71)73-61-60-67(3,4)5)62-72-65(68)58-56-54-52-50-48-46-44-42-40-38-36-34-31-29-27-25-23-21-19-17-15-13-11-9-7-2/h8,10,14,16,19-22,25-28,31-34,37,39,64H,6-7,9,11-13,15,17-18,23-24,29-30,35-36,38,40-63H2,1-5H3/p+1/b10-8-,16-14-,21-19-,22-20-,27-25-,28-26-,33-32-,34-31-,39-37-. The molecule has 0 heterocycles. The van der Waals surface area contributed by atoms with E-state index in [-0.39, 0.29) is 32.0 Å². The SMILES string of the molecule is CC/C=C\C/C=C\C/C=C\C/C=C\C/C=C\C/C=C\CCCCCCCCCCC(=O)OC(COC(=O)CCCCCCCCCCCC/C=C\C/C=C\C/C=C\CCCCCCC)COP(=O)(O)OCC[N+](C)(C)C. The molecule has 0 fully saturated rings. The van der Waals surface area contributed by atoms with Crippen LogP contribution in [-0.2, 0) is 32.7 Å². The molecule has 0 aromatic heterocycles. The highest BCUT2D eigenvalue weighted by molar-refractivity contribution is 7.47. The Kier molecular flexibility index (Phi) is 53.9. The fourth-order valence-electron chi connectivity index (χ4n) is 8.08. The summed E-state index contributed by atoms with van der Waals surface area (Å²) in [6.07, 6.45) is 78.7. The number of nitrogens with zero attached hydrogens (tertiary/aromatic N) is 1. The largest absolute Gasteiger partial charge is 0.472 e. The first-order chi connectivity index (χ1) is 37.0. The maximum Gasteiger partial charge on any atom is 0.472 e. The maximum absolute atomic E-state index is 12.8. The summed E-state index contributed by atoms with van der Waals surface area (Å²) in [5, 5.41) is 0. The van der Waals surface area contributed by atoms with Crippen LogP contribution in [0.15, 0.2) is 109 Å². The van der Waals surface area contributed by atoms with Gasteiger partial charge in [-0.3, -0.25) is 18.6 Å². The highest BCUT2D eigenvalue weighted by atomic mass is 31.2. The first-order valence-corrected chi connectivity index (χ1v) is 32.1. The molecule has 0 bridgehead atoms.